The van der Waals surface area contributed by atoms with E-state index in [0.717, 1.165) is 43.1 Å². The molecule has 2 heterocycles. The first-order valence-electron chi connectivity index (χ1n) is 9.05. The van der Waals surface area contributed by atoms with Crippen molar-refractivity contribution in [3.8, 4) is 5.75 Å². The molecule has 0 aromatic heterocycles. The van der Waals surface area contributed by atoms with Gasteiger partial charge in [0.25, 0.3) is 17.2 Å². The van der Waals surface area contributed by atoms with Gasteiger partial charge < -0.3 is 26.8 Å². The van der Waals surface area contributed by atoms with Gasteiger partial charge in [0, 0.05) is 24.1 Å². The van der Waals surface area contributed by atoms with E-state index in [2.05, 4.69) is 4.58 Å². The number of amidine groups is 1. The average Bonchev–Trinajstić information content (AvgIpc) is 3.01. The minimum absolute atomic E-state index is 0. The number of methoxy groups -OCH3 is 1. The Morgan fingerprint density at radius 3 is 2.64 bits per heavy atom. The Kier molecular flexibility index (Phi) is 5.71. The van der Waals surface area contributed by atoms with Crippen molar-refractivity contribution in [2.75, 3.05) is 25.1 Å². The van der Waals surface area contributed by atoms with Crippen LogP contribution in [0, 0.1) is 10.1 Å². The first kappa shape index (κ1) is 20.3. The minimum Gasteiger partial charge on any atom is -1.00 e. The summed E-state index contributed by atoms with van der Waals surface area (Å²) >= 11 is 0. The van der Waals surface area contributed by atoms with Crippen molar-refractivity contribution in [1.29, 1.82) is 0 Å². The van der Waals surface area contributed by atoms with Gasteiger partial charge in [-0.15, -0.1) is 0 Å². The van der Waals surface area contributed by atoms with Crippen LogP contribution in [0.25, 0.3) is 0 Å². The number of aliphatic hydroxyl groups is 1. The standard InChI is InChI=1S/C20H22N3O4.BrH/c1-27-18-10-8-16(9-11-18)22-19-7-2-3-12-21(19)14-20(22,24)15-5-4-6-17(13-15)23(25)26;/h4-6,8-11,13,24H,2-3,7,12,14H2,1H3;1H/q+1;/p-1. The van der Waals surface area contributed by atoms with Gasteiger partial charge in [-0.25, -0.2) is 0 Å². The Balaban J connectivity index is 0.00000225. The molecule has 28 heavy (non-hydrogen) atoms. The Morgan fingerprint density at radius 2 is 1.96 bits per heavy atom. The van der Waals surface area contributed by atoms with E-state index in [4.69, 9.17) is 4.74 Å². The molecule has 0 radical (unpaired) electrons. The highest BCUT2D eigenvalue weighted by molar-refractivity contribution is 5.97. The largest absolute Gasteiger partial charge is 1.00 e. The highest BCUT2D eigenvalue weighted by atomic mass is 79.9. The molecule has 2 aromatic rings. The monoisotopic (exact) mass is 447 g/mol. The number of ether oxygens (including phenoxy) is 1. The molecule has 0 amide bonds. The van der Waals surface area contributed by atoms with Crippen LogP contribution in [-0.4, -0.2) is 40.6 Å². The van der Waals surface area contributed by atoms with Gasteiger partial charge in [0.1, 0.15) is 11.4 Å². The lowest BCUT2D eigenvalue weighted by molar-refractivity contribution is -0.538. The lowest BCUT2D eigenvalue weighted by Crippen LogP contribution is -3.00. The third-order valence-electron chi connectivity index (χ3n) is 5.33. The molecule has 8 heteroatoms. The normalized spacial score (nSPS) is 21.1. The second-order valence-corrected chi connectivity index (χ2v) is 6.95. The van der Waals surface area contributed by atoms with Gasteiger partial charge in [0.15, 0.2) is 6.54 Å². The van der Waals surface area contributed by atoms with Crippen molar-refractivity contribution in [1.82, 2.24) is 0 Å². The third kappa shape index (κ3) is 3.38. The van der Waals surface area contributed by atoms with Crippen LogP contribution in [0.2, 0.25) is 0 Å². The number of nitro groups is 1. The van der Waals surface area contributed by atoms with Crippen LogP contribution in [0.1, 0.15) is 24.8 Å². The van der Waals surface area contributed by atoms with Gasteiger partial charge in [-0.3, -0.25) is 14.7 Å². The molecule has 1 N–H and O–H groups in total. The number of benzene rings is 2. The second-order valence-electron chi connectivity index (χ2n) is 6.95. The van der Waals surface area contributed by atoms with Crippen molar-refractivity contribution in [2.45, 2.75) is 25.0 Å². The van der Waals surface area contributed by atoms with Gasteiger partial charge in [0.05, 0.1) is 18.6 Å². The van der Waals surface area contributed by atoms with Crippen LogP contribution in [0.5, 0.6) is 5.75 Å². The Labute approximate surface area is 173 Å². The maximum absolute atomic E-state index is 11.7. The maximum Gasteiger partial charge on any atom is 0.275 e. The summed E-state index contributed by atoms with van der Waals surface area (Å²) in [6, 6.07) is 13.8. The lowest BCUT2D eigenvalue weighted by atomic mass is 10.00. The SMILES string of the molecule is COc1ccc(N2C3=[N+](CCCC3)CC2(O)c2cccc([N+](=O)[O-])c2)cc1.[Br-]. The number of nitrogens with zero attached hydrogens (tertiary/aromatic N) is 3. The number of nitro benzene ring substituents is 1. The Hall–Kier alpha value is -2.45. The van der Waals surface area contributed by atoms with Gasteiger partial charge in [0.2, 0.25) is 0 Å². The van der Waals surface area contributed by atoms with E-state index in [9.17, 15) is 15.2 Å². The van der Waals surface area contributed by atoms with Crippen molar-refractivity contribution in [3.05, 3.63) is 64.2 Å². The van der Waals surface area contributed by atoms with Crippen LogP contribution in [0.4, 0.5) is 11.4 Å². The molecule has 0 spiro atoms. The molecule has 1 atom stereocenters. The fourth-order valence-electron chi connectivity index (χ4n) is 4.03. The zero-order valence-electron chi connectivity index (χ0n) is 15.5. The van der Waals surface area contributed by atoms with Crippen LogP contribution in [-0.2, 0) is 5.72 Å². The van der Waals surface area contributed by atoms with E-state index >= 15 is 0 Å². The molecule has 0 fully saturated rings. The quantitative estimate of drug-likeness (QED) is 0.401. The molecule has 7 nitrogen and oxygen atoms in total. The molecule has 0 aliphatic carbocycles. The number of halogens is 1. The van der Waals surface area contributed by atoms with E-state index in [1.165, 1.54) is 12.1 Å². The van der Waals surface area contributed by atoms with Crippen molar-refractivity contribution in [3.63, 3.8) is 0 Å². The number of rotatable bonds is 4. The molecule has 148 valence electrons. The zero-order valence-corrected chi connectivity index (χ0v) is 17.1. The molecule has 0 saturated carbocycles. The smallest absolute Gasteiger partial charge is 0.275 e. The van der Waals surface area contributed by atoms with Crippen molar-refractivity contribution >= 4 is 17.2 Å². The van der Waals surface area contributed by atoms with Crippen LogP contribution >= 0.6 is 0 Å². The average molecular weight is 448 g/mol. The molecule has 4 rings (SSSR count). The topological polar surface area (TPSA) is 78.8 Å². The summed E-state index contributed by atoms with van der Waals surface area (Å²) < 4.78 is 7.43. The van der Waals surface area contributed by atoms with E-state index in [0.29, 0.717) is 12.1 Å². The predicted molar refractivity (Wildman–Crippen MR) is 101 cm³/mol. The fourth-order valence-corrected chi connectivity index (χ4v) is 4.03. The molecule has 0 bridgehead atoms. The Bertz CT molecular complexity index is 916. The summed E-state index contributed by atoms with van der Waals surface area (Å²) in [5.41, 5.74) is -0.0237. The molecule has 2 aliphatic rings. The van der Waals surface area contributed by atoms with E-state index in [1.807, 2.05) is 29.2 Å². The number of hydrogen-bond acceptors (Lipinski definition) is 5. The summed E-state index contributed by atoms with van der Waals surface area (Å²) in [6.45, 7) is 1.26. The summed E-state index contributed by atoms with van der Waals surface area (Å²) in [5, 5.41) is 23.0. The van der Waals surface area contributed by atoms with Gasteiger partial charge in [-0.1, -0.05) is 12.1 Å². The second kappa shape index (κ2) is 7.89. The number of hydrogen-bond donors (Lipinski definition) is 1. The van der Waals surface area contributed by atoms with Gasteiger partial charge in [-0.2, -0.15) is 4.90 Å². The minimum atomic E-state index is -1.36. The van der Waals surface area contributed by atoms with E-state index in [-0.39, 0.29) is 22.7 Å². The van der Waals surface area contributed by atoms with Crippen molar-refractivity contribution < 1.29 is 36.3 Å². The summed E-state index contributed by atoms with van der Waals surface area (Å²) in [4.78, 5) is 12.7. The highest BCUT2D eigenvalue weighted by Gasteiger charge is 2.54. The zero-order chi connectivity index (χ0) is 19.0. The number of non-ortho nitro benzene ring substituents is 1. The molecule has 0 saturated heterocycles. The highest BCUT2D eigenvalue weighted by Crippen LogP contribution is 2.39. The fraction of sp³-hybridized carbons (Fsp3) is 0.350. The van der Waals surface area contributed by atoms with Crippen LogP contribution in [0.3, 0.4) is 0 Å². The molecule has 2 aromatic carbocycles. The summed E-state index contributed by atoms with van der Waals surface area (Å²) in [6.07, 6.45) is 3.00. The summed E-state index contributed by atoms with van der Waals surface area (Å²) in [7, 11) is 1.61. The summed E-state index contributed by atoms with van der Waals surface area (Å²) in [5.74, 6) is 1.79. The van der Waals surface area contributed by atoms with Crippen LogP contribution in [0.15, 0.2) is 48.5 Å². The lowest BCUT2D eigenvalue weighted by Gasteiger charge is -2.28. The third-order valence-corrected chi connectivity index (χ3v) is 5.33. The van der Waals surface area contributed by atoms with Crippen LogP contribution < -0.4 is 26.6 Å². The predicted octanol–water partition coefficient (Wildman–Crippen LogP) is -0.132. The molecule has 2 aliphatic heterocycles. The van der Waals surface area contributed by atoms with Gasteiger partial charge in [-0.05, 0) is 37.1 Å². The first-order chi connectivity index (χ1) is 13.0. The van der Waals surface area contributed by atoms with E-state index in [1.54, 1.807) is 19.2 Å². The van der Waals surface area contributed by atoms with Gasteiger partial charge >= 0.3 is 0 Å². The van der Waals surface area contributed by atoms with E-state index < -0.39 is 10.6 Å². The molecular weight excluding hydrogens is 426 g/mol. The molecular formula is C20H22BrN3O4. The number of anilines is 1. The van der Waals surface area contributed by atoms with Crippen molar-refractivity contribution in [2.24, 2.45) is 0 Å². The molecule has 1 unspecified atom stereocenters. The maximum atomic E-state index is 11.7. The Morgan fingerprint density at radius 1 is 1.21 bits per heavy atom. The first-order valence-corrected chi connectivity index (χ1v) is 9.05.